The number of ether oxygens (including phenoxy) is 1. The van der Waals surface area contributed by atoms with Crippen LogP contribution in [-0.4, -0.2) is 36.1 Å². The van der Waals surface area contributed by atoms with Crippen molar-refractivity contribution >= 4 is 5.91 Å². The van der Waals surface area contributed by atoms with Crippen molar-refractivity contribution in [3.05, 3.63) is 23.2 Å². The average molecular weight is 267 g/mol. The summed E-state index contributed by atoms with van der Waals surface area (Å²) in [4.78, 5) is 13.7. The van der Waals surface area contributed by atoms with Gasteiger partial charge in [0.05, 0.1) is 18.8 Å². The maximum Gasteiger partial charge on any atom is 0.301 e. The molecule has 1 aromatic rings. The highest BCUT2D eigenvalue weighted by Gasteiger charge is 2.24. The number of nitrogens with zero attached hydrogens (tertiary/aromatic N) is 1. The van der Waals surface area contributed by atoms with Gasteiger partial charge in [0.2, 0.25) is 0 Å². The van der Waals surface area contributed by atoms with E-state index in [9.17, 15) is 4.79 Å². The normalized spacial score (nSPS) is 24.4. The van der Waals surface area contributed by atoms with E-state index >= 15 is 0 Å². The van der Waals surface area contributed by atoms with Gasteiger partial charge in [0.15, 0.2) is 5.76 Å². The molecule has 0 aliphatic carbocycles. The minimum atomic E-state index is -0.396. The van der Waals surface area contributed by atoms with E-state index in [2.05, 4.69) is 24.2 Å². The van der Waals surface area contributed by atoms with E-state index in [1.807, 2.05) is 13.0 Å². The van der Waals surface area contributed by atoms with Crippen molar-refractivity contribution in [1.82, 2.24) is 10.3 Å². The Morgan fingerprint density at radius 2 is 2.11 bits per heavy atom. The minimum absolute atomic E-state index is 0.214. The summed E-state index contributed by atoms with van der Waals surface area (Å²) in [5.41, 5.74) is 2.89. The molecule has 2 rings (SSSR count). The predicted octanol–water partition coefficient (Wildman–Crippen LogP) is 0.801. The summed E-state index contributed by atoms with van der Waals surface area (Å²) in [6.07, 6.45) is 0.429. The third-order valence-electron chi connectivity index (χ3n) is 3.18. The van der Waals surface area contributed by atoms with Gasteiger partial charge in [-0.1, -0.05) is 0 Å². The van der Waals surface area contributed by atoms with Crippen molar-refractivity contribution in [1.29, 1.82) is 0 Å². The minimum Gasteiger partial charge on any atom is -0.454 e. The van der Waals surface area contributed by atoms with Crippen LogP contribution >= 0.6 is 0 Å². The van der Waals surface area contributed by atoms with Crippen molar-refractivity contribution in [2.45, 2.75) is 39.5 Å². The summed E-state index contributed by atoms with van der Waals surface area (Å²) in [6.45, 7) is 8.36. The Bertz CT molecular complexity index is 448. The number of hydrogen-bond acceptors (Lipinski definition) is 5. The summed E-state index contributed by atoms with van der Waals surface area (Å²) in [6, 6.07) is 1.88. The monoisotopic (exact) mass is 267 g/mol. The Morgan fingerprint density at radius 1 is 1.47 bits per heavy atom. The van der Waals surface area contributed by atoms with Crippen LogP contribution in [0.5, 0.6) is 0 Å². The fourth-order valence-corrected chi connectivity index (χ4v) is 2.55. The molecule has 106 valence electrons. The van der Waals surface area contributed by atoms with Gasteiger partial charge in [-0.15, -0.1) is 0 Å². The van der Waals surface area contributed by atoms with Gasteiger partial charge in [0.1, 0.15) is 5.76 Å². The van der Waals surface area contributed by atoms with Crippen LogP contribution in [-0.2, 0) is 11.3 Å². The summed E-state index contributed by atoms with van der Waals surface area (Å²) >= 11 is 0. The SMILES string of the molecule is Cc1cc(CN2C[C@@H](C)O[C@@H](C)C2)oc1C(=O)NN. The number of hydrazine groups is 1. The zero-order chi connectivity index (χ0) is 14.0. The van der Waals surface area contributed by atoms with E-state index in [0.29, 0.717) is 6.54 Å². The summed E-state index contributed by atoms with van der Waals surface area (Å²) in [7, 11) is 0. The van der Waals surface area contributed by atoms with E-state index in [0.717, 1.165) is 24.4 Å². The van der Waals surface area contributed by atoms with Gasteiger partial charge in [-0.25, -0.2) is 5.84 Å². The average Bonchev–Trinajstić information content (AvgIpc) is 2.68. The van der Waals surface area contributed by atoms with E-state index < -0.39 is 5.91 Å². The van der Waals surface area contributed by atoms with Gasteiger partial charge in [-0.2, -0.15) is 0 Å². The number of carbonyl (C=O) groups excluding carboxylic acids is 1. The zero-order valence-corrected chi connectivity index (χ0v) is 11.6. The lowest BCUT2D eigenvalue weighted by molar-refractivity contribution is -0.0718. The van der Waals surface area contributed by atoms with Crippen LogP contribution in [0.15, 0.2) is 10.5 Å². The second-order valence-corrected chi connectivity index (χ2v) is 5.15. The zero-order valence-electron chi connectivity index (χ0n) is 11.6. The first-order chi connectivity index (χ1) is 8.99. The highest BCUT2D eigenvalue weighted by atomic mass is 16.5. The van der Waals surface area contributed by atoms with E-state index in [4.69, 9.17) is 15.0 Å². The molecule has 2 atom stereocenters. The van der Waals surface area contributed by atoms with Crippen LogP contribution in [0.25, 0.3) is 0 Å². The van der Waals surface area contributed by atoms with Crippen molar-refractivity contribution in [3.63, 3.8) is 0 Å². The number of hydrogen-bond donors (Lipinski definition) is 2. The van der Waals surface area contributed by atoms with Gasteiger partial charge in [-0.05, 0) is 26.8 Å². The number of morpholine rings is 1. The number of carbonyl (C=O) groups is 1. The number of nitrogens with one attached hydrogen (secondary N) is 1. The van der Waals surface area contributed by atoms with E-state index in [1.165, 1.54) is 0 Å². The third kappa shape index (κ3) is 3.34. The van der Waals surface area contributed by atoms with Gasteiger partial charge in [0.25, 0.3) is 0 Å². The Balaban J connectivity index is 2.05. The molecule has 3 N–H and O–H groups in total. The van der Waals surface area contributed by atoms with Gasteiger partial charge < -0.3 is 9.15 Å². The fraction of sp³-hybridized carbons (Fsp3) is 0.615. The van der Waals surface area contributed by atoms with E-state index in [1.54, 1.807) is 0 Å². The van der Waals surface area contributed by atoms with Crippen molar-refractivity contribution < 1.29 is 13.9 Å². The lowest BCUT2D eigenvalue weighted by atomic mass is 10.2. The molecule has 0 aromatic carbocycles. The second kappa shape index (κ2) is 5.73. The Kier molecular flexibility index (Phi) is 4.24. The first kappa shape index (κ1) is 14.0. The maximum absolute atomic E-state index is 11.5. The molecule has 6 nitrogen and oxygen atoms in total. The molecule has 2 heterocycles. The van der Waals surface area contributed by atoms with Crippen LogP contribution in [0.1, 0.15) is 35.7 Å². The van der Waals surface area contributed by atoms with Crippen molar-refractivity contribution in [3.8, 4) is 0 Å². The molecule has 0 unspecified atom stereocenters. The topological polar surface area (TPSA) is 80.7 Å². The van der Waals surface area contributed by atoms with Crippen LogP contribution in [0.4, 0.5) is 0 Å². The maximum atomic E-state index is 11.5. The summed E-state index contributed by atoms with van der Waals surface area (Å²) in [5, 5.41) is 0. The molecule has 0 radical (unpaired) electrons. The van der Waals surface area contributed by atoms with Gasteiger partial charge >= 0.3 is 5.91 Å². The summed E-state index contributed by atoms with van der Waals surface area (Å²) < 4.78 is 11.3. The van der Waals surface area contributed by atoms with Crippen LogP contribution < -0.4 is 11.3 Å². The highest BCUT2D eigenvalue weighted by molar-refractivity contribution is 5.92. The molecule has 1 amide bonds. The first-order valence-electron chi connectivity index (χ1n) is 6.47. The molecule has 1 saturated heterocycles. The number of amides is 1. The fourth-order valence-electron chi connectivity index (χ4n) is 2.55. The van der Waals surface area contributed by atoms with Crippen LogP contribution in [0.2, 0.25) is 0 Å². The number of aryl methyl sites for hydroxylation is 1. The number of nitrogen functional groups attached to an aromatic ring is 1. The quantitative estimate of drug-likeness (QED) is 0.481. The number of rotatable bonds is 3. The predicted molar refractivity (Wildman–Crippen MR) is 70.4 cm³/mol. The molecule has 1 aliphatic heterocycles. The largest absolute Gasteiger partial charge is 0.454 e. The molecule has 0 spiro atoms. The molecule has 1 fully saturated rings. The van der Waals surface area contributed by atoms with Crippen LogP contribution in [0.3, 0.4) is 0 Å². The molecule has 19 heavy (non-hydrogen) atoms. The van der Waals surface area contributed by atoms with Crippen molar-refractivity contribution in [2.24, 2.45) is 5.84 Å². The second-order valence-electron chi connectivity index (χ2n) is 5.15. The van der Waals surface area contributed by atoms with Gasteiger partial charge in [-0.3, -0.25) is 15.1 Å². The van der Waals surface area contributed by atoms with Crippen LogP contribution in [0, 0.1) is 6.92 Å². The molecule has 6 heteroatoms. The Labute approximate surface area is 112 Å². The van der Waals surface area contributed by atoms with Gasteiger partial charge in [0, 0.05) is 18.7 Å². The molecule has 1 aliphatic rings. The Hall–Kier alpha value is -1.37. The Morgan fingerprint density at radius 3 is 2.68 bits per heavy atom. The molecule has 0 saturated carbocycles. The van der Waals surface area contributed by atoms with E-state index in [-0.39, 0.29) is 18.0 Å². The first-order valence-corrected chi connectivity index (χ1v) is 6.47. The molecule has 1 aromatic heterocycles. The molecule has 0 bridgehead atoms. The third-order valence-corrected chi connectivity index (χ3v) is 3.18. The lowest BCUT2D eigenvalue weighted by Crippen LogP contribution is -2.44. The molecular weight excluding hydrogens is 246 g/mol. The smallest absolute Gasteiger partial charge is 0.301 e. The number of nitrogens with two attached hydrogens (primary N) is 1. The lowest BCUT2D eigenvalue weighted by Gasteiger charge is -2.34. The number of furan rings is 1. The standard InChI is InChI=1S/C13H21N3O3/c1-8-4-11(19-12(8)13(17)15-14)7-16-5-9(2)18-10(3)6-16/h4,9-10H,5-7,14H2,1-3H3,(H,15,17)/t9-,10+. The summed E-state index contributed by atoms with van der Waals surface area (Å²) in [5.74, 6) is 5.78. The molecular formula is C13H21N3O3. The van der Waals surface area contributed by atoms with Crippen molar-refractivity contribution in [2.75, 3.05) is 13.1 Å². The highest BCUT2D eigenvalue weighted by Crippen LogP contribution is 2.19.